The Morgan fingerprint density at radius 1 is 1.44 bits per heavy atom. The fraction of sp³-hybridized carbons (Fsp3) is 0.550. The van der Waals surface area contributed by atoms with E-state index in [9.17, 15) is 9.59 Å². The maximum absolute atomic E-state index is 12.9. The summed E-state index contributed by atoms with van der Waals surface area (Å²) in [6.45, 7) is 3.15. The largest absolute Gasteiger partial charge is 0.493 e. The van der Waals surface area contributed by atoms with Crippen LogP contribution in [0.5, 0.6) is 5.75 Å². The van der Waals surface area contributed by atoms with Crippen LogP contribution in [-0.2, 0) is 9.59 Å². The number of anilines is 1. The summed E-state index contributed by atoms with van der Waals surface area (Å²) in [7, 11) is 3.34. The molecule has 1 saturated carbocycles. The molecular formula is C20H30N4O3. The second-order valence-corrected chi connectivity index (χ2v) is 7.01. The molecule has 0 aromatic heterocycles. The van der Waals surface area contributed by atoms with Gasteiger partial charge in [0.05, 0.1) is 12.1 Å². The molecule has 1 aliphatic rings. The fourth-order valence-corrected chi connectivity index (χ4v) is 2.81. The number of benzene rings is 1. The Kier molecular flexibility index (Phi) is 7.36. The first kappa shape index (κ1) is 20.9. The van der Waals surface area contributed by atoms with Gasteiger partial charge in [0.25, 0.3) is 5.91 Å². The number of amides is 1. The third-order valence-electron chi connectivity index (χ3n) is 4.94. The number of ether oxygens (including phenoxy) is 1. The van der Waals surface area contributed by atoms with Gasteiger partial charge in [-0.25, -0.2) is 0 Å². The van der Waals surface area contributed by atoms with Crippen LogP contribution in [0.2, 0.25) is 0 Å². The summed E-state index contributed by atoms with van der Waals surface area (Å²) >= 11 is 0. The Bertz CT molecular complexity index is 700. The van der Waals surface area contributed by atoms with E-state index in [1.54, 1.807) is 25.2 Å². The molecule has 2 rings (SSSR count). The van der Waals surface area contributed by atoms with Crippen molar-refractivity contribution in [2.75, 3.05) is 33.0 Å². The number of hydrogen-bond acceptors (Lipinski definition) is 6. The number of hydrogen-bond donors (Lipinski definition) is 3. The highest BCUT2D eigenvalue weighted by atomic mass is 16.5. The van der Waals surface area contributed by atoms with Crippen LogP contribution >= 0.6 is 0 Å². The van der Waals surface area contributed by atoms with Crippen molar-refractivity contribution in [3.8, 4) is 5.75 Å². The number of aldehydes is 1. The second kappa shape index (κ2) is 9.50. The molecule has 1 atom stereocenters. The van der Waals surface area contributed by atoms with Crippen molar-refractivity contribution in [3.63, 3.8) is 0 Å². The van der Waals surface area contributed by atoms with Crippen LogP contribution in [0.3, 0.4) is 0 Å². The zero-order chi connectivity index (χ0) is 19.9. The zero-order valence-electron chi connectivity index (χ0n) is 16.4. The monoisotopic (exact) mass is 374 g/mol. The van der Waals surface area contributed by atoms with Gasteiger partial charge in [0, 0.05) is 18.3 Å². The van der Waals surface area contributed by atoms with Crippen molar-refractivity contribution in [2.24, 2.45) is 10.9 Å². The van der Waals surface area contributed by atoms with E-state index >= 15 is 0 Å². The van der Waals surface area contributed by atoms with E-state index in [0.717, 1.165) is 6.29 Å². The maximum Gasteiger partial charge on any atom is 0.270 e. The first-order valence-corrected chi connectivity index (χ1v) is 9.41. The third kappa shape index (κ3) is 5.53. The number of carbonyl (C=O) groups is 2. The highest BCUT2D eigenvalue weighted by Gasteiger charge is 2.31. The van der Waals surface area contributed by atoms with Crippen molar-refractivity contribution in [3.05, 3.63) is 23.8 Å². The molecule has 1 unspecified atom stereocenters. The SMILES string of the molecule is CCC(C=O)(CCNC)NC(=O)C(=NC)c1cc(OCC2CC2)ccc1N. The van der Waals surface area contributed by atoms with Crippen LogP contribution < -0.4 is 21.1 Å². The number of nitrogens with zero attached hydrogens (tertiary/aromatic N) is 1. The molecule has 0 spiro atoms. The molecule has 1 aromatic carbocycles. The fourth-order valence-electron chi connectivity index (χ4n) is 2.81. The molecule has 0 radical (unpaired) electrons. The molecule has 7 nitrogen and oxygen atoms in total. The lowest BCUT2D eigenvalue weighted by Gasteiger charge is -2.28. The Hall–Kier alpha value is -2.41. The van der Waals surface area contributed by atoms with Gasteiger partial charge in [0.15, 0.2) is 0 Å². The van der Waals surface area contributed by atoms with Crippen molar-refractivity contribution in [2.45, 2.75) is 38.1 Å². The Balaban J connectivity index is 2.19. The van der Waals surface area contributed by atoms with E-state index in [2.05, 4.69) is 15.6 Å². The van der Waals surface area contributed by atoms with Crippen molar-refractivity contribution in [1.82, 2.24) is 10.6 Å². The average molecular weight is 374 g/mol. The van der Waals surface area contributed by atoms with Gasteiger partial charge in [-0.1, -0.05) is 6.92 Å². The van der Waals surface area contributed by atoms with Crippen molar-refractivity contribution < 1.29 is 14.3 Å². The summed E-state index contributed by atoms with van der Waals surface area (Å²) in [5, 5.41) is 5.85. The molecule has 27 heavy (non-hydrogen) atoms. The van der Waals surface area contributed by atoms with E-state index in [4.69, 9.17) is 10.5 Å². The number of aliphatic imine (C=N–C) groups is 1. The topological polar surface area (TPSA) is 106 Å². The molecule has 0 aliphatic heterocycles. The highest BCUT2D eigenvalue weighted by molar-refractivity contribution is 6.46. The van der Waals surface area contributed by atoms with Crippen LogP contribution in [-0.4, -0.2) is 50.7 Å². The maximum atomic E-state index is 12.9. The van der Waals surface area contributed by atoms with Crippen LogP contribution in [0.4, 0.5) is 5.69 Å². The molecule has 1 fully saturated rings. The molecule has 0 saturated heterocycles. The van der Waals surface area contributed by atoms with Gasteiger partial charge in [-0.15, -0.1) is 0 Å². The van der Waals surface area contributed by atoms with Crippen molar-refractivity contribution in [1.29, 1.82) is 0 Å². The molecular weight excluding hydrogens is 344 g/mol. The Labute approximate surface area is 160 Å². The lowest BCUT2D eigenvalue weighted by molar-refractivity contribution is -0.122. The number of nitrogens with one attached hydrogen (secondary N) is 2. The summed E-state index contributed by atoms with van der Waals surface area (Å²) in [5.41, 5.74) is 6.28. The van der Waals surface area contributed by atoms with Crippen LogP contribution in [0.25, 0.3) is 0 Å². The molecule has 0 bridgehead atoms. The van der Waals surface area contributed by atoms with Crippen LogP contribution in [0, 0.1) is 5.92 Å². The van der Waals surface area contributed by atoms with Crippen LogP contribution in [0.1, 0.15) is 38.2 Å². The van der Waals surface area contributed by atoms with E-state index in [1.165, 1.54) is 19.9 Å². The Morgan fingerprint density at radius 3 is 2.74 bits per heavy atom. The summed E-state index contributed by atoms with van der Waals surface area (Å²) in [5.74, 6) is 0.861. The normalized spacial score (nSPS) is 16.5. The van der Waals surface area contributed by atoms with Crippen LogP contribution in [0.15, 0.2) is 23.2 Å². The molecule has 7 heteroatoms. The minimum absolute atomic E-state index is 0.188. The highest BCUT2D eigenvalue weighted by Crippen LogP contribution is 2.30. The molecule has 4 N–H and O–H groups in total. The van der Waals surface area contributed by atoms with Gasteiger partial charge in [-0.3, -0.25) is 9.79 Å². The van der Waals surface area contributed by atoms with Gasteiger partial charge in [-0.2, -0.15) is 0 Å². The summed E-state index contributed by atoms with van der Waals surface area (Å²) in [6, 6.07) is 5.24. The number of nitrogens with two attached hydrogens (primary N) is 1. The first-order valence-electron chi connectivity index (χ1n) is 9.41. The minimum Gasteiger partial charge on any atom is -0.493 e. The van der Waals surface area contributed by atoms with E-state index in [0.29, 0.717) is 48.9 Å². The van der Waals surface area contributed by atoms with E-state index in [1.807, 2.05) is 6.92 Å². The lowest BCUT2D eigenvalue weighted by atomic mass is 9.92. The second-order valence-electron chi connectivity index (χ2n) is 7.01. The molecule has 0 heterocycles. The number of nitrogen functional groups attached to an aromatic ring is 1. The summed E-state index contributed by atoms with van der Waals surface area (Å²) < 4.78 is 5.79. The average Bonchev–Trinajstić information content (AvgIpc) is 3.50. The van der Waals surface area contributed by atoms with Gasteiger partial charge in [0.1, 0.15) is 17.7 Å². The molecule has 148 valence electrons. The van der Waals surface area contributed by atoms with Gasteiger partial charge < -0.3 is 25.9 Å². The quantitative estimate of drug-likeness (QED) is 0.310. The van der Waals surface area contributed by atoms with E-state index < -0.39 is 11.4 Å². The van der Waals surface area contributed by atoms with Gasteiger partial charge in [0.2, 0.25) is 0 Å². The standard InChI is InChI=1S/C20H30N4O3/c1-4-20(13-25,9-10-22-2)24-19(26)18(23-3)16-11-15(7-8-17(16)21)27-12-14-5-6-14/h7-8,11,13-14,22H,4-6,9-10,12,21H2,1-3H3,(H,24,26). The lowest BCUT2D eigenvalue weighted by Crippen LogP contribution is -2.53. The predicted octanol–water partition coefficient (Wildman–Crippen LogP) is 1.55. The number of rotatable bonds is 11. The van der Waals surface area contributed by atoms with Gasteiger partial charge in [-0.05, 0) is 63.4 Å². The summed E-state index contributed by atoms with van der Waals surface area (Å²) in [4.78, 5) is 28.7. The molecule has 1 amide bonds. The molecule has 1 aliphatic carbocycles. The zero-order valence-corrected chi connectivity index (χ0v) is 16.4. The first-order chi connectivity index (χ1) is 13.0. The number of carbonyl (C=O) groups excluding carboxylic acids is 2. The smallest absolute Gasteiger partial charge is 0.270 e. The third-order valence-corrected chi connectivity index (χ3v) is 4.94. The van der Waals surface area contributed by atoms with E-state index in [-0.39, 0.29) is 5.71 Å². The predicted molar refractivity (Wildman–Crippen MR) is 107 cm³/mol. The van der Waals surface area contributed by atoms with Crippen molar-refractivity contribution >= 4 is 23.6 Å². The van der Waals surface area contributed by atoms with Gasteiger partial charge >= 0.3 is 0 Å². The minimum atomic E-state index is -0.940. The summed E-state index contributed by atoms with van der Waals surface area (Å²) in [6.07, 6.45) is 4.17. The Morgan fingerprint density at radius 2 is 2.19 bits per heavy atom. The molecule has 1 aromatic rings.